The molecule has 0 aliphatic heterocycles. The maximum atomic E-state index is 12.4. The zero-order valence-electron chi connectivity index (χ0n) is 33.9. The molecule has 292 valence electrons. The lowest BCUT2D eigenvalue weighted by atomic mass is 9.90. The summed E-state index contributed by atoms with van der Waals surface area (Å²) in [7, 11) is 0. The molecule has 0 bridgehead atoms. The van der Waals surface area contributed by atoms with E-state index >= 15 is 0 Å². The Morgan fingerprint density at radius 2 is 0.613 bits per heavy atom. The first-order valence-corrected chi connectivity index (χ1v) is 21.0. The second kappa shape index (κ2) is 15.8. The van der Waals surface area contributed by atoms with Crippen LogP contribution in [0.4, 0.5) is 0 Å². The molecule has 1 heterocycles. The molecule has 2 heteroatoms. The fraction of sp³-hybridized carbons (Fsp3) is 0. The molecule has 0 fully saturated rings. The molecule has 0 atom stereocenters. The van der Waals surface area contributed by atoms with Gasteiger partial charge in [0.2, 0.25) is 0 Å². The largest absolute Gasteiger partial charge is 0.507 e. The molecule has 0 saturated carbocycles. The molecule has 11 rings (SSSR count). The van der Waals surface area contributed by atoms with Crippen LogP contribution < -0.4 is 0 Å². The second-order valence-corrected chi connectivity index (χ2v) is 15.8. The number of hydrogen-bond acceptors (Lipinski definition) is 2. The van der Waals surface area contributed by atoms with Crippen molar-refractivity contribution in [1.82, 2.24) is 0 Å². The zero-order chi connectivity index (χ0) is 41.4. The number of aromatic hydroxyl groups is 1. The highest BCUT2D eigenvalue weighted by molar-refractivity contribution is 6.14. The Kier molecular flexibility index (Phi) is 9.37. The summed E-state index contributed by atoms with van der Waals surface area (Å²) < 4.78 is 6.73. The summed E-state index contributed by atoms with van der Waals surface area (Å²) in [6, 6.07) is 83.0. The lowest BCUT2D eigenvalue weighted by Crippen LogP contribution is -1.89. The third-order valence-corrected chi connectivity index (χ3v) is 11.9. The monoisotopic (exact) mass is 792 g/mol. The SMILES string of the molecule is Oc1c(-c2cccc(-c3cc(-c4ccccc4)cc(-c4ccccc4)c3)c2)cc2c(oc3ccc(-c4cc(-c5ccccc5)cc(-c5ccccc5)c4)cc32)c1-c1ccccc1. The highest BCUT2D eigenvalue weighted by Gasteiger charge is 2.22. The fourth-order valence-electron chi connectivity index (χ4n) is 8.82. The minimum absolute atomic E-state index is 0.186. The van der Waals surface area contributed by atoms with Crippen molar-refractivity contribution in [3.63, 3.8) is 0 Å². The van der Waals surface area contributed by atoms with Crippen molar-refractivity contribution in [2.45, 2.75) is 0 Å². The second-order valence-electron chi connectivity index (χ2n) is 15.8. The van der Waals surface area contributed by atoms with Crippen molar-refractivity contribution in [2.75, 3.05) is 0 Å². The van der Waals surface area contributed by atoms with Crippen LogP contribution >= 0.6 is 0 Å². The standard InChI is InChI=1S/C60H40O2/c61-59-54(47-28-16-27-45(31-47)52-34-48(40-17-6-1-7-18-40)32-49(35-52)41-19-8-2-9-20-41)39-56-55-38-46(29-30-57(55)62-60(56)58(59)44-25-14-5-15-26-44)53-36-50(42-21-10-3-11-22-42)33-51(37-53)43-23-12-4-13-24-43/h1-39,61H. The smallest absolute Gasteiger partial charge is 0.147 e. The van der Waals surface area contributed by atoms with E-state index in [1.165, 1.54) is 11.1 Å². The Bertz CT molecular complexity index is 3250. The van der Waals surface area contributed by atoms with E-state index in [0.29, 0.717) is 11.1 Å². The van der Waals surface area contributed by atoms with Gasteiger partial charge in [-0.25, -0.2) is 0 Å². The van der Waals surface area contributed by atoms with Crippen LogP contribution in [-0.4, -0.2) is 5.11 Å². The molecule has 1 N–H and O–H groups in total. The number of phenolic OH excluding ortho intramolecular Hbond substituents is 1. The lowest BCUT2D eigenvalue weighted by molar-refractivity contribution is 0.479. The summed E-state index contributed by atoms with van der Waals surface area (Å²) in [4.78, 5) is 0. The summed E-state index contributed by atoms with van der Waals surface area (Å²) in [5.74, 6) is 0.186. The van der Waals surface area contributed by atoms with Gasteiger partial charge >= 0.3 is 0 Å². The zero-order valence-corrected chi connectivity index (χ0v) is 33.9. The summed E-state index contributed by atoms with van der Waals surface area (Å²) in [6.45, 7) is 0. The van der Waals surface area contributed by atoms with Crippen molar-refractivity contribution in [3.8, 4) is 94.8 Å². The van der Waals surface area contributed by atoms with Crippen LogP contribution in [0.2, 0.25) is 0 Å². The average Bonchev–Trinajstić information content (AvgIpc) is 3.72. The lowest BCUT2D eigenvalue weighted by Gasteiger charge is -2.14. The van der Waals surface area contributed by atoms with E-state index in [1.54, 1.807) is 0 Å². The summed E-state index contributed by atoms with van der Waals surface area (Å²) in [6.07, 6.45) is 0. The van der Waals surface area contributed by atoms with Gasteiger partial charge in [0, 0.05) is 16.3 Å². The molecule has 10 aromatic carbocycles. The third kappa shape index (κ3) is 6.94. The van der Waals surface area contributed by atoms with Gasteiger partial charge in [-0.15, -0.1) is 0 Å². The van der Waals surface area contributed by atoms with Crippen LogP contribution in [0.25, 0.3) is 111 Å². The van der Waals surface area contributed by atoms with Crippen molar-refractivity contribution in [3.05, 3.63) is 237 Å². The Morgan fingerprint density at radius 3 is 1.06 bits per heavy atom. The number of fused-ring (bicyclic) bond motifs is 3. The van der Waals surface area contributed by atoms with Gasteiger partial charge in [0.1, 0.15) is 16.9 Å². The molecule has 11 aromatic rings. The van der Waals surface area contributed by atoms with Crippen LogP contribution in [0.1, 0.15) is 0 Å². The summed E-state index contributed by atoms with van der Waals surface area (Å²) in [5.41, 5.74) is 18.3. The highest BCUT2D eigenvalue weighted by Crippen LogP contribution is 2.48. The predicted octanol–water partition coefficient (Wildman–Crippen LogP) is 16.6. The number of furan rings is 1. The van der Waals surface area contributed by atoms with Crippen LogP contribution in [0.15, 0.2) is 241 Å². The number of phenols is 1. The Hall–Kier alpha value is -8.20. The van der Waals surface area contributed by atoms with Crippen LogP contribution in [0.3, 0.4) is 0 Å². The van der Waals surface area contributed by atoms with Gasteiger partial charge in [0.25, 0.3) is 0 Å². The Labute approximate surface area is 361 Å². The quantitative estimate of drug-likeness (QED) is 0.166. The Balaban J connectivity index is 1.09. The molecule has 0 spiro atoms. The van der Waals surface area contributed by atoms with Gasteiger partial charge in [-0.2, -0.15) is 0 Å². The number of benzene rings is 10. The molecule has 0 aliphatic rings. The minimum Gasteiger partial charge on any atom is -0.507 e. The normalized spacial score (nSPS) is 11.3. The van der Waals surface area contributed by atoms with E-state index in [4.69, 9.17) is 4.42 Å². The van der Waals surface area contributed by atoms with Crippen molar-refractivity contribution in [2.24, 2.45) is 0 Å². The predicted molar refractivity (Wildman–Crippen MR) is 259 cm³/mol. The van der Waals surface area contributed by atoms with E-state index < -0.39 is 0 Å². The topological polar surface area (TPSA) is 33.4 Å². The molecule has 0 amide bonds. The van der Waals surface area contributed by atoms with Gasteiger partial charge < -0.3 is 9.52 Å². The van der Waals surface area contributed by atoms with Gasteiger partial charge in [-0.1, -0.05) is 176 Å². The fourth-order valence-corrected chi connectivity index (χ4v) is 8.82. The van der Waals surface area contributed by atoms with E-state index in [9.17, 15) is 5.11 Å². The van der Waals surface area contributed by atoms with E-state index in [0.717, 1.165) is 88.7 Å². The number of rotatable bonds is 8. The summed E-state index contributed by atoms with van der Waals surface area (Å²) in [5, 5.41) is 14.3. The van der Waals surface area contributed by atoms with Crippen LogP contribution in [0, 0.1) is 0 Å². The van der Waals surface area contributed by atoms with Gasteiger partial charge in [-0.05, 0) is 139 Å². The third-order valence-electron chi connectivity index (χ3n) is 11.9. The first-order chi connectivity index (χ1) is 30.6. The first-order valence-electron chi connectivity index (χ1n) is 21.0. The van der Waals surface area contributed by atoms with Crippen LogP contribution in [-0.2, 0) is 0 Å². The van der Waals surface area contributed by atoms with Gasteiger partial charge in [-0.3, -0.25) is 0 Å². The molecule has 0 saturated heterocycles. The van der Waals surface area contributed by atoms with E-state index in [2.05, 4.69) is 206 Å². The molecular formula is C60H40O2. The van der Waals surface area contributed by atoms with Gasteiger partial charge in [0.15, 0.2) is 0 Å². The van der Waals surface area contributed by atoms with E-state index in [-0.39, 0.29) is 5.75 Å². The molecule has 2 nitrogen and oxygen atoms in total. The first kappa shape index (κ1) is 36.8. The maximum absolute atomic E-state index is 12.4. The highest BCUT2D eigenvalue weighted by atomic mass is 16.3. The van der Waals surface area contributed by atoms with Gasteiger partial charge in [0.05, 0.1) is 5.56 Å². The van der Waals surface area contributed by atoms with Crippen molar-refractivity contribution < 1.29 is 9.52 Å². The van der Waals surface area contributed by atoms with Crippen molar-refractivity contribution in [1.29, 1.82) is 0 Å². The van der Waals surface area contributed by atoms with Crippen LogP contribution in [0.5, 0.6) is 5.75 Å². The molecule has 1 aromatic heterocycles. The van der Waals surface area contributed by atoms with Crippen molar-refractivity contribution >= 4 is 21.9 Å². The summed E-state index contributed by atoms with van der Waals surface area (Å²) >= 11 is 0. The van der Waals surface area contributed by atoms with E-state index in [1.807, 2.05) is 30.3 Å². The average molecular weight is 793 g/mol. The molecular weight excluding hydrogens is 753 g/mol. The minimum atomic E-state index is 0.186. The molecule has 0 unspecified atom stereocenters. The Morgan fingerprint density at radius 1 is 0.258 bits per heavy atom. The molecule has 0 radical (unpaired) electrons. The maximum Gasteiger partial charge on any atom is 0.147 e. The number of hydrogen-bond donors (Lipinski definition) is 1. The molecule has 0 aliphatic carbocycles. The molecule has 62 heavy (non-hydrogen) atoms.